The zero-order valence-corrected chi connectivity index (χ0v) is 8.89. The highest BCUT2D eigenvalue weighted by Gasteiger charge is 2.24. The van der Waals surface area contributed by atoms with Crippen LogP contribution in [0.3, 0.4) is 0 Å². The molecule has 0 spiro atoms. The first-order valence-corrected chi connectivity index (χ1v) is 5.21. The number of aryl methyl sites for hydroxylation is 1. The van der Waals surface area contributed by atoms with Crippen LogP contribution in [0, 0.1) is 0 Å². The first kappa shape index (κ1) is 10.2. The maximum atomic E-state index is 11.7. The third-order valence-corrected chi connectivity index (χ3v) is 2.81. The average molecular weight is 208 g/mol. The number of amides is 1. The molecule has 1 amide bonds. The number of nitrogens with zero attached hydrogens (tertiary/aromatic N) is 3. The van der Waals surface area contributed by atoms with Crippen molar-refractivity contribution in [2.24, 2.45) is 0 Å². The molecule has 82 valence electrons. The van der Waals surface area contributed by atoms with Crippen LogP contribution in [0.5, 0.6) is 0 Å². The van der Waals surface area contributed by atoms with E-state index in [1.54, 1.807) is 10.9 Å². The molecule has 15 heavy (non-hydrogen) atoms. The van der Waals surface area contributed by atoms with E-state index < -0.39 is 0 Å². The molecule has 1 aromatic heterocycles. The van der Waals surface area contributed by atoms with Crippen molar-refractivity contribution >= 4 is 5.91 Å². The molecule has 0 aromatic carbocycles. The lowest BCUT2D eigenvalue weighted by atomic mass is 10.1. The molecule has 0 atom stereocenters. The van der Waals surface area contributed by atoms with E-state index >= 15 is 0 Å². The molecule has 0 aliphatic carbocycles. The van der Waals surface area contributed by atoms with Crippen LogP contribution in [0.4, 0.5) is 0 Å². The highest BCUT2D eigenvalue weighted by Crippen LogP contribution is 2.04. The minimum absolute atomic E-state index is 0.192. The highest BCUT2D eigenvalue weighted by atomic mass is 16.2. The van der Waals surface area contributed by atoms with Gasteiger partial charge in [0, 0.05) is 45.5 Å². The summed E-state index contributed by atoms with van der Waals surface area (Å²) < 4.78 is 1.78. The van der Waals surface area contributed by atoms with Crippen molar-refractivity contribution < 1.29 is 4.79 Å². The monoisotopic (exact) mass is 208 g/mol. The van der Waals surface area contributed by atoms with Gasteiger partial charge in [-0.1, -0.05) is 0 Å². The quantitative estimate of drug-likeness (QED) is 0.739. The Balaban J connectivity index is 1.76. The number of carbonyl (C=O) groups is 1. The fourth-order valence-electron chi connectivity index (χ4n) is 1.57. The van der Waals surface area contributed by atoms with E-state index in [0.29, 0.717) is 19.0 Å². The molecule has 1 fully saturated rings. The second kappa shape index (κ2) is 4.44. The summed E-state index contributed by atoms with van der Waals surface area (Å²) in [7, 11) is 1.87. The summed E-state index contributed by atoms with van der Waals surface area (Å²) in [5.74, 6) is 0.192. The van der Waals surface area contributed by atoms with Gasteiger partial charge in [0.1, 0.15) is 0 Å². The van der Waals surface area contributed by atoms with Crippen LogP contribution in [0.15, 0.2) is 18.5 Å². The van der Waals surface area contributed by atoms with Crippen LogP contribution in [-0.2, 0) is 11.3 Å². The molecule has 5 heteroatoms. The van der Waals surface area contributed by atoms with Gasteiger partial charge in [-0.2, -0.15) is 5.10 Å². The van der Waals surface area contributed by atoms with Gasteiger partial charge in [0.2, 0.25) is 5.91 Å². The molecule has 2 heterocycles. The van der Waals surface area contributed by atoms with Crippen molar-refractivity contribution in [3.63, 3.8) is 0 Å². The SMILES string of the molecule is CN(C(=O)CCn1cccn1)C1CNC1. The number of hydrogen-bond donors (Lipinski definition) is 1. The number of likely N-dealkylation sites (N-methyl/N-ethyl adjacent to an activating group) is 1. The molecule has 0 radical (unpaired) electrons. The maximum absolute atomic E-state index is 11.7. The van der Waals surface area contributed by atoms with Crippen LogP contribution in [0.2, 0.25) is 0 Å². The number of nitrogens with one attached hydrogen (secondary N) is 1. The third kappa shape index (κ3) is 2.36. The van der Waals surface area contributed by atoms with E-state index in [9.17, 15) is 4.79 Å². The van der Waals surface area contributed by atoms with Crippen LogP contribution in [0.25, 0.3) is 0 Å². The fourth-order valence-corrected chi connectivity index (χ4v) is 1.57. The predicted molar refractivity (Wildman–Crippen MR) is 56.3 cm³/mol. The van der Waals surface area contributed by atoms with Gasteiger partial charge < -0.3 is 10.2 Å². The lowest BCUT2D eigenvalue weighted by molar-refractivity contribution is -0.133. The lowest BCUT2D eigenvalue weighted by Gasteiger charge is -2.35. The van der Waals surface area contributed by atoms with E-state index in [0.717, 1.165) is 13.1 Å². The summed E-state index contributed by atoms with van der Waals surface area (Å²) in [6.45, 7) is 2.50. The van der Waals surface area contributed by atoms with E-state index in [1.165, 1.54) is 0 Å². The Morgan fingerprint density at radius 2 is 2.47 bits per heavy atom. The lowest BCUT2D eigenvalue weighted by Crippen LogP contribution is -2.57. The van der Waals surface area contributed by atoms with Crippen LogP contribution < -0.4 is 5.32 Å². The molecule has 0 bridgehead atoms. The summed E-state index contributed by atoms with van der Waals surface area (Å²) in [5.41, 5.74) is 0. The number of rotatable bonds is 4. The number of aromatic nitrogens is 2. The molecule has 5 nitrogen and oxygen atoms in total. The fraction of sp³-hybridized carbons (Fsp3) is 0.600. The van der Waals surface area contributed by atoms with Crippen LogP contribution in [0.1, 0.15) is 6.42 Å². The van der Waals surface area contributed by atoms with Crippen molar-refractivity contribution in [1.29, 1.82) is 0 Å². The second-order valence-corrected chi connectivity index (χ2v) is 3.84. The summed E-state index contributed by atoms with van der Waals surface area (Å²) in [4.78, 5) is 13.6. The Bertz CT molecular complexity index is 318. The minimum Gasteiger partial charge on any atom is -0.340 e. The van der Waals surface area contributed by atoms with Crippen LogP contribution in [-0.4, -0.2) is 46.8 Å². The summed E-state index contributed by atoms with van der Waals surface area (Å²) in [6.07, 6.45) is 4.12. The van der Waals surface area contributed by atoms with Gasteiger partial charge >= 0.3 is 0 Å². The van der Waals surface area contributed by atoms with Gasteiger partial charge in [-0.05, 0) is 6.07 Å². The van der Waals surface area contributed by atoms with E-state index in [2.05, 4.69) is 10.4 Å². The largest absolute Gasteiger partial charge is 0.340 e. The van der Waals surface area contributed by atoms with Crippen molar-refractivity contribution in [2.45, 2.75) is 19.0 Å². The number of carbonyl (C=O) groups excluding carboxylic acids is 1. The molecule has 0 unspecified atom stereocenters. The Morgan fingerprint density at radius 1 is 1.67 bits per heavy atom. The van der Waals surface area contributed by atoms with Crippen molar-refractivity contribution in [2.75, 3.05) is 20.1 Å². The van der Waals surface area contributed by atoms with Crippen molar-refractivity contribution in [1.82, 2.24) is 20.0 Å². The number of hydrogen-bond acceptors (Lipinski definition) is 3. The van der Waals surface area contributed by atoms with Crippen LogP contribution >= 0.6 is 0 Å². The summed E-state index contributed by atoms with van der Waals surface area (Å²) in [5, 5.41) is 7.22. The van der Waals surface area contributed by atoms with Gasteiger partial charge in [-0.3, -0.25) is 9.48 Å². The van der Waals surface area contributed by atoms with Gasteiger partial charge in [0.05, 0.1) is 6.04 Å². The Labute approximate surface area is 89.1 Å². The highest BCUT2D eigenvalue weighted by molar-refractivity contribution is 5.76. The van der Waals surface area contributed by atoms with Gasteiger partial charge in [-0.15, -0.1) is 0 Å². The van der Waals surface area contributed by atoms with Crippen molar-refractivity contribution in [3.05, 3.63) is 18.5 Å². The molecule has 0 saturated carbocycles. The molecule has 2 rings (SSSR count). The molecule has 1 aliphatic rings. The Morgan fingerprint density at radius 3 is 3.00 bits per heavy atom. The molecular weight excluding hydrogens is 192 g/mol. The third-order valence-electron chi connectivity index (χ3n) is 2.81. The summed E-state index contributed by atoms with van der Waals surface area (Å²) in [6, 6.07) is 2.25. The molecule has 1 saturated heterocycles. The molecule has 1 N–H and O–H groups in total. The van der Waals surface area contributed by atoms with Gasteiger partial charge in [-0.25, -0.2) is 0 Å². The smallest absolute Gasteiger partial charge is 0.224 e. The maximum Gasteiger partial charge on any atom is 0.224 e. The molecule has 1 aromatic rings. The average Bonchev–Trinajstić information content (AvgIpc) is 2.63. The zero-order chi connectivity index (χ0) is 10.7. The first-order valence-electron chi connectivity index (χ1n) is 5.21. The topological polar surface area (TPSA) is 50.2 Å². The summed E-state index contributed by atoms with van der Waals surface area (Å²) >= 11 is 0. The first-order chi connectivity index (χ1) is 7.27. The Hall–Kier alpha value is -1.36. The van der Waals surface area contributed by atoms with Crippen molar-refractivity contribution in [3.8, 4) is 0 Å². The van der Waals surface area contributed by atoms with E-state index in [-0.39, 0.29) is 5.91 Å². The minimum atomic E-state index is 0.192. The molecular formula is C10H16N4O. The van der Waals surface area contributed by atoms with Gasteiger partial charge in [0.15, 0.2) is 0 Å². The predicted octanol–water partition coefficient (Wildman–Crippen LogP) is -0.297. The van der Waals surface area contributed by atoms with Gasteiger partial charge in [0.25, 0.3) is 0 Å². The zero-order valence-electron chi connectivity index (χ0n) is 8.89. The van der Waals surface area contributed by atoms with E-state index in [1.807, 2.05) is 24.2 Å². The standard InChI is InChI=1S/C10H16N4O/c1-13(9-7-11-8-9)10(15)3-6-14-5-2-4-12-14/h2,4-5,9,11H,3,6-8H2,1H3. The second-order valence-electron chi connectivity index (χ2n) is 3.84. The normalized spacial score (nSPS) is 16.1. The molecule has 1 aliphatic heterocycles. The Kier molecular flexibility index (Phi) is 3.01. The van der Waals surface area contributed by atoms with E-state index in [4.69, 9.17) is 0 Å².